The highest BCUT2D eigenvalue weighted by Crippen LogP contribution is 2.39. The maximum absolute atomic E-state index is 8.90. The number of hydrogen-bond donors (Lipinski definition) is 1. The second kappa shape index (κ2) is 16.0. The molecular formula is C47H47N3. The Morgan fingerprint density at radius 2 is 1.84 bits per heavy atom. The van der Waals surface area contributed by atoms with Crippen molar-refractivity contribution in [3.05, 3.63) is 192 Å². The highest BCUT2D eigenvalue weighted by Gasteiger charge is 2.24. The molecule has 1 aromatic heterocycles. The van der Waals surface area contributed by atoms with Gasteiger partial charge in [-0.2, -0.15) is 0 Å². The first-order valence-electron chi connectivity index (χ1n) is 18.3. The SMILES string of the molecule is C=C(/C=C\C=C\C1C=CC=C2C=CC=CC21)C(=N)N=C(/C=C/C1C=CC(c2cccnc2)=CC1)C1=CCC(C2=CCC3CCCCC3=C2)C=C1. The summed E-state index contributed by atoms with van der Waals surface area (Å²) in [5, 5.41) is 8.90. The zero-order valence-electron chi connectivity index (χ0n) is 28.9. The molecule has 0 bridgehead atoms. The summed E-state index contributed by atoms with van der Waals surface area (Å²) in [6.07, 6.45) is 58.3. The quantitative estimate of drug-likeness (QED) is 0.161. The normalized spacial score (nSPS) is 27.5. The van der Waals surface area contributed by atoms with E-state index in [-0.39, 0.29) is 11.8 Å². The van der Waals surface area contributed by atoms with Gasteiger partial charge in [-0.05, 0) is 90.4 Å². The Kier molecular flexibility index (Phi) is 10.7. The molecule has 6 aliphatic carbocycles. The Bertz CT molecular complexity index is 1920. The maximum Gasteiger partial charge on any atom is 0.151 e. The molecule has 3 heteroatoms. The second-order valence-electron chi connectivity index (χ2n) is 14.0. The van der Waals surface area contributed by atoms with E-state index in [9.17, 15) is 0 Å². The third-order valence-corrected chi connectivity index (χ3v) is 10.7. The number of rotatable bonds is 9. The monoisotopic (exact) mass is 653 g/mol. The van der Waals surface area contributed by atoms with Crippen molar-refractivity contribution in [3.8, 4) is 0 Å². The molecule has 1 aromatic rings. The molecule has 1 fully saturated rings. The first-order chi connectivity index (χ1) is 24.6. The molecule has 0 spiro atoms. The number of allylic oxidation sites excluding steroid dienone is 25. The minimum Gasteiger partial charge on any atom is -0.282 e. The molecule has 3 nitrogen and oxygen atoms in total. The fraction of sp³-hybridized carbons (Fsp3) is 0.255. The van der Waals surface area contributed by atoms with Crippen molar-refractivity contribution in [2.75, 3.05) is 0 Å². The molecule has 5 atom stereocenters. The lowest BCUT2D eigenvalue weighted by atomic mass is 9.75. The van der Waals surface area contributed by atoms with Crippen LogP contribution in [0.2, 0.25) is 0 Å². The minimum absolute atomic E-state index is 0.176. The molecule has 0 aromatic carbocycles. The largest absolute Gasteiger partial charge is 0.282 e. The lowest BCUT2D eigenvalue weighted by Crippen LogP contribution is -2.15. The summed E-state index contributed by atoms with van der Waals surface area (Å²) in [4.78, 5) is 9.15. The summed E-state index contributed by atoms with van der Waals surface area (Å²) in [7, 11) is 0. The Morgan fingerprint density at radius 3 is 2.68 bits per heavy atom. The summed E-state index contributed by atoms with van der Waals surface area (Å²) in [6, 6.07) is 4.07. The van der Waals surface area contributed by atoms with Crippen molar-refractivity contribution in [2.24, 2.45) is 34.6 Å². The van der Waals surface area contributed by atoms with Crippen LogP contribution in [0.1, 0.15) is 50.5 Å². The van der Waals surface area contributed by atoms with Gasteiger partial charge in [0.05, 0.1) is 5.71 Å². The number of aliphatic imine (C=N–C) groups is 1. The van der Waals surface area contributed by atoms with Crippen LogP contribution in [0.25, 0.3) is 5.57 Å². The van der Waals surface area contributed by atoms with Gasteiger partial charge in [0.1, 0.15) is 0 Å². The van der Waals surface area contributed by atoms with Gasteiger partial charge in [0.25, 0.3) is 0 Å². The minimum atomic E-state index is 0.176. The smallest absolute Gasteiger partial charge is 0.151 e. The zero-order chi connectivity index (χ0) is 34.1. The Balaban J connectivity index is 1.04. The third-order valence-electron chi connectivity index (χ3n) is 10.7. The first-order valence-corrected chi connectivity index (χ1v) is 18.3. The average Bonchev–Trinajstić information content (AvgIpc) is 3.18. The van der Waals surface area contributed by atoms with E-state index in [1.165, 1.54) is 48.8 Å². The Hall–Kier alpha value is -5.15. The summed E-state index contributed by atoms with van der Waals surface area (Å²) < 4.78 is 0. The predicted molar refractivity (Wildman–Crippen MR) is 212 cm³/mol. The van der Waals surface area contributed by atoms with Crippen molar-refractivity contribution >= 4 is 17.1 Å². The van der Waals surface area contributed by atoms with Crippen molar-refractivity contribution in [1.29, 1.82) is 5.41 Å². The number of fused-ring (bicyclic) bond motifs is 2. The van der Waals surface area contributed by atoms with E-state index in [0.29, 0.717) is 23.3 Å². The Morgan fingerprint density at radius 1 is 0.880 bits per heavy atom. The van der Waals surface area contributed by atoms with Gasteiger partial charge in [0, 0.05) is 35.7 Å². The van der Waals surface area contributed by atoms with Gasteiger partial charge in [-0.25, -0.2) is 4.99 Å². The van der Waals surface area contributed by atoms with Crippen LogP contribution in [0.5, 0.6) is 0 Å². The van der Waals surface area contributed by atoms with Crippen LogP contribution in [0.3, 0.4) is 0 Å². The van der Waals surface area contributed by atoms with Gasteiger partial charge in [0.15, 0.2) is 5.84 Å². The number of hydrogen-bond acceptors (Lipinski definition) is 2. The number of pyridine rings is 1. The molecule has 1 heterocycles. The summed E-state index contributed by atoms with van der Waals surface area (Å²) >= 11 is 0. The molecule has 0 aliphatic heterocycles. The molecule has 250 valence electrons. The van der Waals surface area contributed by atoms with Crippen LogP contribution < -0.4 is 0 Å². The summed E-state index contributed by atoms with van der Waals surface area (Å²) in [6.45, 7) is 4.20. The molecule has 1 N–H and O–H groups in total. The number of aromatic nitrogens is 1. The summed E-state index contributed by atoms with van der Waals surface area (Å²) in [5.74, 6) is 2.28. The van der Waals surface area contributed by atoms with Crippen LogP contribution in [-0.4, -0.2) is 16.5 Å². The maximum atomic E-state index is 8.90. The van der Waals surface area contributed by atoms with E-state index < -0.39 is 0 Å². The lowest BCUT2D eigenvalue weighted by molar-refractivity contribution is 0.449. The van der Waals surface area contributed by atoms with Crippen molar-refractivity contribution in [3.63, 3.8) is 0 Å². The lowest BCUT2D eigenvalue weighted by Gasteiger charge is -2.30. The van der Waals surface area contributed by atoms with Crippen LogP contribution in [0, 0.1) is 35.0 Å². The van der Waals surface area contributed by atoms with E-state index in [0.717, 1.165) is 35.6 Å². The van der Waals surface area contributed by atoms with Gasteiger partial charge in [-0.15, -0.1) is 0 Å². The Labute approximate surface area is 298 Å². The molecule has 7 rings (SSSR count). The van der Waals surface area contributed by atoms with E-state index in [2.05, 4.69) is 133 Å². The van der Waals surface area contributed by atoms with E-state index >= 15 is 0 Å². The molecule has 50 heavy (non-hydrogen) atoms. The van der Waals surface area contributed by atoms with E-state index in [4.69, 9.17) is 10.4 Å². The first kappa shape index (κ1) is 33.4. The zero-order valence-corrected chi connectivity index (χ0v) is 28.9. The highest BCUT2D eigenvalue weighted by atomic mass is 14.8. The van der Waals surface area contributed by atoms with Gasteiger partial charge in [0.2, 0.25) is 0 Å². The van der Waals surface area contributed by atoms with E-state index in [1.54, 1.807) is 5.57 Å². The van der Waals surface area contributed by atoms with Crippen LogP contribution in [0.4, 0.5) is 0 Å². The molecule has 6 aliphatic rings. The average molecular weight is 654 g/mol. The van der Waals surface area contributed by atoms with Crippen LogP contribution in [0.15, 0.2) is 192 Å². The number of amidine groups is 1. The topological polar surface area (TPSA) is 49.1 Å². The highest BCUT2D eigenvalue weighted by molar-refractivity contribution is 6.17. The molecule has 1 saturated carbocycles. The second-order valence-corrected chi connectivity index (χ2v) is 14.0. The molecule has 5 unspecified atom stereocenters. The van der Waals surface area contributed by atoms with Gasteiger partial charge in [-0.1, -0.05) is 146 Å². The molecular weight excluding hydrogens is 607 g/mol. The third kappa shape index (κ3) is 8.17. The standard InChI is InChI=1S/C47H47N3/c1-34(10-2-3-12-39-15-8-16-40-13-6-7-18-45(39)40)47(48)50-46(30-21-35-19-22-38(23-20-35)44-17-9-31-49-33-44)41-27-24-37(25-28-41)43-29-26-36-11-4-5-14-42(36)32-43/h2-3,6-10,12-13,15-19,21-24,27-33,35-37,39,45,48H,1,4-5,11,14,20,25-26H2/b10-2-,12-3+,30-21+,48-47?,50-46?. The fourth-order valence-corrected chi connectivity index (χ4v) is 7.70. The predicted octanol–water partition coefficient (Wildman–Crippen LogP) is 11.5. The summed E-state index contributed by atoms with van der Waals surface area (Å²) in [5.41, 5.74) is 9.26. The van der Waals surface area contributed by atoms with Crippen molar-refractivity contribution in [1.82, 2.24) is 4.98 Å². The van der Waals surface area contributed by atoms with Gasteiger partial charge in [-0.3, -0.25) is 10.4 Å². The number of nitrogens with zero attached hydrogens (tertiary/aromatic N) is 2. The van der Waals surface area contributed by atoms with Crippen LogP contribution >= 0.6 is 0 Å². The van der Waals surface area contributed by atoms with Gasteiger partial charge < -0.3 is 0 Å². The van der Waals surface area contributed by atoms with Crippen molar-refractivity contribution in [2.45, 2.75) is 44.9 Å². The molecule has 0 amide bonds. The van der Waals surface area contributed by atoms with Crippen LogP contribution in [-0.2, 0) is 0 Å². The fourth-order valence-electron chi connectivity index (χ4n) is 7.70. The number of nitrogens with one attached hydrogen (secondary N) is 1. The van der Waals surface area contributed by atoms with Gasteiger partial charge >= 0.3 is 0 Å². The van der Waals surface area contributed by atoms with Crippen molar-refractivity contribution < 1.29 is 0 Å². The van der Waals surface area contributed by atoms with E-state index in [1.807, 2.05) is 30.6 Å². The molecule has 0 radical (unpaired) electrons. The molecule has 0 saturated heterocycles.